The van der Waals surface area contributed by atoms with Crippen LogP contribution in [-0.4, -0.2) is 48.9 Å². The highest BCUT2D eigenvalue weighted by molar-refractivity contribution is 5.74. The maximum atomic E-state index is 10.8. The number of carboxylic acids is 2. The second-order valence-electron chi connectivity index (χ2n) is 5.39. The summed E-state index contributed by atoms with van der Waals surface area (Å²) in [5.74, 6) is -2.27. The third-order valence-electron chi connectivity index (χ3n) is 3.47. The number of rotatable bonds is 7. The van der Waals surface area contributed by atoms with Gasteiger partial charge in [-0.3, -0.25) is 9.59 Å². The molecule has 1 aromatic carbocycles. The standard InChI is InChI=1S/C15H18N4O5/c16-10(14(21)22)3-8-1-2-13(20)12(4-8)19-6-9(18-7-19)5-11(17)15(23)24/h1-2,4,6-7,10-11,20H,3,5,16-17H2,(H,21,22)(H,23,24)/t10-,11-/m0/s1. The van der Waals surface area contributed by atoms with Crippen molar-refractivity contribution in [3.63, 3.8) is 0 Å². The van der Waals surface area contributed by atoms with Crippen molar-refractivity contribution in [2.24, 2.45) is 11.5 Å². The third kappa shape index (κ3) is 4.09. The molecule has 0 saturated heterocycles. The molecule has 0 aliphatic heterocycles. The summed E-state index contributed by atoms with van der Waals surface area (Å²) in [6, 6.07) is 2.50. The minimum absolute atomic E-state index is 0.0332. The first-order chi connectivity index (χ1) is 11.3. The molecule has 0 amide bonds. The largest absolute Gasteiger partial charge is 0.506 e. The molecule has 7 N–H and O–H groups in total. The molecule has 0 radical (unpaired) electrons. The Labute approximate surface area is 137 Å². The number of nitrogens with two attached hydrogens (primary N) is 2. The number of carbonyl (C=O) groups is 2. The van der Waals surface area contributed by atoms with Gasteiger partial charge in [-0.15, -0.1) is 0 Å². The second-order valence-corrected chi connectivity index (χ2v) is 5.39. The Bertz CT molecular complexity index is 758. The Kier molecular flexibility index (Phi) is 5.17. The van der Waals surface area contributed by atoms with E-state index in [2.05, 4.69) is 4.98 Å². The van der Waals surface area contributed by atoms with E-state index < -0.39 is 24.0 Å². The number of aliphatic carboxylic acids is 2. The molecular weight excluding hydrogens is 316 g/mol. The Morgan fingerprint density at radius 1 is 1.12 bits per heavy atom. The van der Waals surface area contributed by atoms with E-state index in [4.69, 9.17) is 21.7 Å². The minimum atomic E-state index is -1.13. The number of benzene rings is 1. The fourth-order valence-corrected chi connectivity index (χ4v) is 2.16. The molecule has 1 heterocycles. The van der Waals surface area contributed by atoms with Crippen LogP contribution in [0.25, 0.3) is 5.69 Å². The number of aromatic nitrogens is 2. The van der Waals surface area contributed by atoms with Crippen LogP contribution in [0.15, 0.2) is 30.7 Å². The first kappa shape index (κ1) is 17.4. The summed E-state index contributed by atoms with van der Waals surface area (Å²) in [5, 5.41) is 27.7. The molecule has 9 heteroatoms. The zero-order chi connectivity index (χ0) is 17.9. The summed E-state index contributed by atoms with van der Waals surface area (Å²) in [6.45, 7) is 0. The van der Waals surface area contributed by atoms with Gasteiger partial charge in [0.2, 0.25) is 0 Å². The van der Waals surface area contributed by atoms with Crippen LogP contribution < -0.4 is 11.5 Å². The molecule has 2 rings (SSSR count). The van der Waals surface area contributed by atoms with Gasteiger partial charge >= 0.3 is 11.9 Å². The van der Waals surface area contributed by atoms with Gasteiger partial charge in [0.25, 0.3) is 0 Å². The number of imidazole rings is 1. The molecular formula is C15H18N4O5. The molecule has 0 aliphatic rings. The van der Waals surface area contributed by atoms with Crippen LogP contribution in [0.2, 0.25) is 0 Å². The van der Waals surface area contributed by atoms with Crippen molar-refractivity contribution in [1.29, 1.82) is 0 Å². The summed E-state index contributed by atoms with van der Waals surface area (Å²) in [4.78, 5) is 25.7. The zero-order valence-electron chi connectivity index (χ0n) is 12.7. The average molecular weight is 334 g/mol. The van der Waals surface area contributed by atoms with Crippen molar-refractivity contribution in [1.82, 2.24) is 9.55 Å². The molecule has 9 nitrogen and oxygen atoms in total. The van der Waals surface area contributed by atoms with Crippen molar-refractivity contribution in [2.45, 2.75) is 24.9 Å². The molecule has 2 atom stereocenters. The highest BCUT2D eigenvalue weighted by Gasteiger charge is 2.16. The molecule has 2 aromatic rings. The quantitative estimate of drug-likeness (QED) is 0.451. The van der Waals surface area contributed by atoms with E-state index in [9.17, 15) is 14.7 Å². The molecule has 0 bridgehead atoms. The van der Waals surface area contributed by atoms with E-state index in [1.165, 1.54) is 17.0 Å². The Morgan fingerprint density at radius 2 is 1.75 bits per heavy atom. The van der Waals surface area contributed by atoms with Crippen molar-refractivity contribution in [3.05, 3.63) is 42.0 Å². The van der Waals surface area contributed by atoms with Crippen LogP contribution >= 0.6 is 0 Å². The average Bonchev–Trinajstić information content (AvgIpc) is 2.97. The molecule has 1 aromatic heterocycles. The Hall–Kier alpha value is -2.91. The molecule has 128 valence electrons. The highest BCUT2D eigenvalue weighted by atomic mass is 16.4. The fraction of sp³-hybridized carbons (Fsp3) is 0.267. The summed E-state index contributed by atoms with van der Waals surface area (Å²) >= 11 is 0. The van der Waals surface area contributed by atoms with Crippen LogP contribution in [0, 0.1) is 0 Å². The lowest BCUT2D eigenvalue weighted by atomic mass is 10.1. The normalized spacial score (nSPS) is 13.4. The van der Waals surface area contributed by atoms with E-state index >= 15 is 0 Å². The summed E-state index contributed by atoms with van der Waals surface area (Å²) in [6.07, 6.45) is 3.12. The first-order valence-corrected chi connectivity index (χ1v) is 7.10. The van der Waals surface area contributed by atoms with Crippen LogP contribution in [0.3, 0.4) is 0 Å². The van der Waals surface area contributed by atoms with Gasteiger partial charge in [0, 0.05) is 12.6 Å². The van der Waals surface area contributed by atoms with Crippen LogP contribution in [0.4, 0.5) is 0 Å². The second kappa shape index (κ2) is 7.11. The molecule has 24 heavy (non-hydrogen) atoms. The van der Waals surface area contributed by atoms with Gasteiger partial charge in [-0.2, -0.15) is 0 Å². The van der Waals surface area contributed by atoms with E-state index in [1.54, 1.807) is 18.3 Å². The predicted molar refractivity (Wildman–Crippen MR) is 83.9 cm³/mol. The molecule has 0 aliphatic carbocycles. The molecule has 0 fully saturated rings. The number of nitrogens with zero attached hydrogens (tertiary/aromatic N) is 2. The Morgan fingerprint density at radius 3 is 2.38 bits per heavy atom. The van der Waals surface area contributed by atoms with E-state index in [-0.39, 0.29) is 18.6 Å². The van der Waals surface area contributed by atoms with Crippen LogP contribution in [0.5, 0.6) is 5.75 Å². The van der Waals surface area contributed by atoms with E-state index in [0.717, 1.165) is 0 Å². The number of aromatic hydroxyl groups is 1. The number of hydrogen-bond acceptors (Lipinski definition) is 6. The molecule has 0 unspecified atom stereocenters. The van der Waals surface area contributed by atoms with Gasteiger partial charge in [0.1, 0.15) is 17.8 Å². The monoisotopic (exact) mass is 334 g/mol. The lowest BCUT2D eigenvalue weighted by Gasteiger charge is -2.10. The van der Waals surface area contributed by atoms with Crippen molar-refractivity contribution < 1.29 is 24.9 Å². The lowest BCUT2D eigenvalue weighted by molar-refractivity contribution is -0.139. The summed E-state index contributed by atoms with van der Waals surface area (Å²) in [5.41, 5.74) is 12.4. The smallest absolute Gasteiger partial charge is 0.320 e. The van der Waals surface area contributed by atoms with Gasteiger partial charge in [0.15, 0.2) is 0 Å². The number of hydrogen-bond donors (Lipinski definition) is 5. The van der Waals surface area contributed by atoms with Gasteiger partial charge < -0.3 is 31.4 Å². The third-order valence-corrected chi connectivity index (χ3v) is 3.47. The van der Waals surface area contributed by atoms with Crippen LogP contribution in [0.1, 0.15) is 11.3 Å². The van der Waals surface area contributed by atoms with Gasteiger partial charge in [-0.1, -0.05) is 6.07 Å². The number of phenolic OH excluding ortho intramolecular Hbond substituents is 1. The van der Waals surface area contributed by atoms with Gasteiger partial charge in [0.05, 0.1) is 17.7 Å². The van der Waals surface area contributed by atoms with Gasteiger partial charge in [-0.05, 0) is 24.1 Å². The maximum absolute atomic E-state index is 10.8. The SMILES string of the molecule is N[C@@H](Cc1ccc(O)c(-n2cnc(C[C@H](N)C(=O)O)c2)c1)C(=O)O. The fourth-order valence-electron chi connectivity index (χ4n) is 2.16. The minimum Gasteiger partial charge on any atom is -0.506 e. The summed E-state index contributed by atoms with van der Waals surface area (Å²) < 4.78 is 1.51. The van der Waals surface area contributed by atoms with Crippen molar-refractivity contribution in [3.8, 4) is 11.4 Å². The lowest BCUT2D eigenvalue weighted by Crippen LogP contribution is -2.32. The van der Waals surface area contributed by atoms with Crippen molar-refractivity contribution >= 4 is 11.9 Å². The van der Waals surface area contributed by atoms with Crippen LogP contribution in [-0.2, 0) is 22.4 Å². The highest BCUT2D eigenvalue weighted by Crippen LogP contribution is 2.24. The van der Waals surface area contributed by atoms with E-state index in [0.29, 0.717) is 16.9 Å². The first-order valence-electron chi connectivity index (χ1n) is 7.10. The predicted octanol–water partition coefficient (Wildman–Crippen LogP) is -0.513. The Balaban J connectivity index is 2.23. The number of carboxylic acid groups (broad SMARTS) is 2. The topological polar surface area (TPSA) is 165 Å². The van der Waals surface area contributed by atoms with E-state index in [1.807, 2.05) is 0 Å². The maximum Gasteiger partial charge on any atom is 0.320 e. The summed E-state index contributed by atoms with van der Waals surface area (Å²) in [7, 11) is 0. The zero-order valence-corrected chi connectivity index (χ0v) is 12.7. The van der Waals surface area contributed by atoms with Crippen molar-refractivity contribution in [2.75, 3.05) is 0 Å². The number of phenols is 1. The van der Waals surface area contributed by atoms with Gasteiger partial charge in [-0.25, -0.2) is 4.98 Å². The molecule has 0 saturated carbocycles. The molecule has 0 spiro atoms.